The summed E-state index contributed by atoms with van der Waals surface area (Å²) in [6, 6.07) is 5.58. The van der Waals surface area contributed by atoms with E-state index in [2.05, 4.69) is 12.2 Å². The van der Waals surface area contributed by atoms with Crippen molar-refractivity contribution >= 4 is 29.2 Å². The molecule has 0 saturated heterocycles. The van der Waals surface area contributed by atoms with Crippen LogP contribution in [0.25, 0.3) is 0 Å². The number of carboxylic acids is 1. The van der Waals surface area contributed by atoms with Crippen molar-refractivity contribution in [3.05, 3.63) is 33.8 Å². The van der Waals surface area contributed by atoms with E-state index in [1.54, 1.807) is 6.07 Å². The summed E-state index contributed by atoms with van der Waals surface area (Å²) in [6.45, 7) is 3.67. The Balaban J connectivity index is 2.19. The SMILES string of the molecule is CC(CCNCc1ccc(Cl)c(Cl)c1)CCC(=O)O. The lowest BCUT2D eigenvalue weighted by Crippen LogP contribution is -2.17. The zero-order chi connectivity index (χ0) is 14.3. The second kappa shape index (κ2) is 8.41. The van der Waals surface area contributed by atoms with Crippen LogP contribution in [0.4, 0.5) is 0 Å². The highest BCUT2D eigenvalue weighted by Crippen LogP contribution is 2.22. The van der Waals surface area contributed by atoms with Crippen molar-refractivity contribution in [2.45, 2.75) is 32.7 Å². The fourth-order valence-electron chi connectivity index (χ4n) is 1.74. The summed E-state index contributed by atoms with van der Waals surface area (Å²) in [4.78, 5) is 10.4. The molecule has 5 heteroatoms. The van der Waals surface area contributed by atoms with Crippen molar-refractivity contribution in [1.29, 1.82) is 0 Å². The van der Waals surface area contributed by atoms with Gasteiger partial charge in [0.15, 0.2) is 0 Å². The van der Waals surface area contributed by atoms with Gasteiger partial charge in [-0.1, -0.05) is 36.2 Å². The Kier molecular flexibility index (Phi) is 7.21. The van der Waals surface area contributed by atoms with Crippen molar-refractivity contribution < 1.29 is 9.90 Å². The largest absolute Gasteiger partial charge is 0.481 e. The normalized spacial score (nSPS) is 12.4. The molecule has 0 spiro atoms. The van der Waals surface area contributed by atoms with E-state index >= 15 is 0 Å². The molecule has 0 aromatic heterocycles. The van der Waals surface area contributed by atoms with Crippen LogP contribution in [0.1, 0.15) is 31.7 Å². The quantitative estimate of drug-likeness (QED) is 0.714. The lowest BCUT2D eigenvalue weighted by molar-refractivity contribution is -0.137. The molecule has 2 N–H and O–H groups in total. The molecule has 1 atom stereocenters. The Hall–Kier alpha value is -0.770. The highest BCUT2D eigenvalue weighted by atomic mass is 35.5. The van der Waals surface area contributed by atoms with E-state index < -0.39 is 5.97 Å². The average Bonchev–Trinajstić information content (AvgIpc) is 2.36. The fraction of sp³-hybridized carbons (Fsp3) is 0.500. The van der Waals surface area contributed by atoms with Gasteiger partial charge < -0.3 is 10.4 Å². The highest BCUT2D eigenvalue weighted by Gasteiger charge is 2.05. The van der Waals surface area contributed by atoms with Gasteiger partial charge in [0.2, 0.25) is 0 Å². The topological polar surface area (TPSA) is 49.3 Å². The lowest BCUT2D eigenvalue weighted by atomic mass is 10.0. The Morgan fingerprint density at radius 1 is 1.32 bits per heavy atom. The number of halogens is 2. The predicted octanol–water partition coefficient (Wildman–Crippen LogP) is 3.97. The summed E-state index contributed by atoms with van der Waals surface area (Å²) < 4.78 is 0. The molecule has 1 aromatic carbocycles. The van der Waals surface area contributed by atoms with Gasteiger partial charge in [0.05, 0.1) is 10.0 Å². The number of aliphatic carboxylic acids is 1. The second-order valence-electron chi connectivity index (χ2n) is 4.75. The summed E-state index contributed by atoms with van der Waals surface area (Å²) in [6.07, 6.45) is 1.94. The molecule has 0 aliphatic heterocycles. The first-order chi connectivity index (χ1) is 8.99. The van der Waals surface area contributed by atoms with Gasteiger partial charge in [-0.15, -0.1) is 0 Å². The minimum Gasteiger partial charge on any atom is -0.481 e. The van der Waals surface area contributed by atoms with E-state index in [-0.39, 0.29) is 6.42 Å². The number of benzene rings is 1. The van der Waals surface area contributed by atoms with Crippen LogP contribution < -0.4 is 5.32 Å². The molecule has 1 unspecified atom stereocenters. The zero-order valence-electron chi connectivity index (χ0n) is 11.0. The molecular formula is C14H19Cl2NO2. The summed E-state index contributed by atoms with van der Waals surface area (Å²) in [5, 5.41) is 13.0. The molecule has 0 radical (unpaired) electrons. The molecule has 0 saturated carbocycles. The minimum absolute atomic E-state index is 0.244. The second-order valence-corrected chi connectivity index (χ2v) is 5.57. The molecule has 3 nitrogen and oxygen atoms in total. The number of carboxylic acid groups (broad SMARTS) is 1. The van der Waals surface area contributed by atoms with Crippen LogP contribution in [0.2, 0.25) is 10.0 Å². The fourth-order valence-corrected chi connectivity index (χ4v) is 2.07. The van der Waals surface area contributed by atoms with Crippen LogP contribution in [0, 0.1) is 5.92 Å². The van der Waals surface area contributed by atoms with Crippen LogP contribution in [-0.2, 0) is 11.3 Å². The van der Waals surface area contributed by atoms with Gasteiger partial charge >= 0.3 is 5.97 Å². The van der Waals surface area contributed by atoms with E-state index in [0.717, 1.165) is 31.5 Å². The van der Waals surface area contributed by atoms with E-state index in [0.29, 0.717) is 16.0 Å². The summed E-state index contributed by atoms with van der Waals surface area (Å²) >= 11 is 11.8. The van der Waals surface area contributed by atoms with Gasteiger partial charge in [0.25, 0.3) is 0 Å². The molecule has 106 valence electrons. The first-order valence-corrected chi connectivity index (χ1v) is 7.11. The third-order valence-electron chi connectivity index (χ3n) is 2.98. The van der Waals surface area contributed by atoms with E-state index in [9.17, 15) is 4.79 Å². The van der Waals surface area contributed by atoms with Crippen LogP contribution in [0.5, 0.6) is 0 Å². The van der Waals surface area contributed by atoms with Crippen LogP contribution >= 0.6 is 23.2 Å². The van der Waals surface area contributed by atoms with Gasteiger partial charge in [-0.3, -0.25) is 4.79 Å². The standard InChI is InChI=1S/C14H19Cl2NO2/c1-10(2-5-14(18)19)6-7-17-9-11-3-4-12(15)13(16)8-11/h3-4,8,10,17H,2,5-7,9H2,1H3,(H,18,19). The molecule has 0 aliphatic rings. The van der Waals surface area contributed by atoms with Gasteiger partial charge in [0.1, 0.15) is 0 Å². The minimum atomic E-state index is -0.726. The Morgan fingerprint density at radius 3 is 2.68 bits per heavy atom. The van der Waals surface area contributed by atoms with Crippen LogP contribution in [-0.4, -0.2) is 17.6 Å². The van der Waals surface area contributed by atoms with Crippen molar-refractivity contribution in [3.8, 4) is 0 Å². The third-order valence-corrected chi connectivity index (χ3v) is 3.72. The zero-order valence-corrected chi connectivity index (χ0v) is 12.5. The van der Waals surface area contributed by atoms with Gasteiger partial charge in [-0.05, 0) is 43.0 Å². The van der Waals surface area contributed by atoms with E-state index in [4.69, 9.17) is 28.3 Å². The average molecular weight is 304 g/mol. The Morgan fingerprint density at radius 2 is 2.05 bits per heavy atom. The number of carbonyl (C=O) groups is 1. The van der Waals surface area contributed by atoms with Gasteiger partial charge in [-0.2, -0.15) is 0 Å². The summed E-state index contributed by atoms with van der Waals surface area (Å²) in [5.41, 5.74) is 1.09. The first-order valence-electron chi connectivity index (χ1n) is 6.35. The maximum atomic E-state index is 10.4. The van der Waals surface area contributed by atoms with Gasteiger partial charge in [-0.25, -0.2) is 0 Å². The molecule has 0 amide bonds. The van der Waals surface area contributed by atoms with E-state index in [1.165, 1.54) is 0 Å². The summed E-state index contributed by atoms with van der Waals surface area (Å²) in [5.74, 6) is -0.312. The molecule has 19 heavy (non-hydrogen) atoms. The Bertz CT molecular complexity index is 424. The molecule has 0 aliphatic carbocycles. The first kappa shape index (κ1) is 16.3. The van der Waals surface area contributed by atoms with Crippen LogP contribution in [0.3, 0.4) is 0 Å². The number of hydrogen-bond donors (Lipinski definition) is 2. The van der Waals surface area contributed by atoms with Crippen molar-refractivity contribution in [2.75, 3.05) is 6.54 Å². The number of nitrogens with one attached hydrogen (secondary N) is 1. The van der Waals surface area contributed by atoms with Crippen LogP contribution in [0.15, 0.2) is 18.2 Å². The smallest absolute Gasteiger partial charge is 0.303 e. The van der Waals surface area contributed by atoms with Crippen molar-refractivity contribution in [2.24, 2.45) is 5.92 Å². The molecule has 1 aromatic rings. The molecular weight excluding hydrogens is 285 g/mol. The molecule has 1 rings (SSSR count). The van der Waals surface area contributed by atoms with Crippen molar-refractivity contribution in [1.82, 2.24) is 5.32 Å². The molecule has 0 bridgehead atoms. The Labute approximate surface area is 123 Å². The van der Waals surface area contributed by atoms with E-state index in [1.807, 2.05) is 12.1 Å². The lowest BCUT2D eigenvalue weighted by Gasteiger charge is -2.11. The molecule has 0 fully saturated rings. The summed E-state index contributed by atoms with van der Waals surface area (Å²) in [7, 11) is 0. The molecule has 0 heterocycles. The van der Waals surface area contributed by atoms with Crippen molar-refractivity contribution in [3.63, 3.8) is 0 Å². The highest BCUT2D eigenvalue weighted by molar-refractivity contribution is 6.42. The van der Waals surface area contributed by atoms with Gasteiger partial charge in [0, 0.05) is 13.0 Å². The number of rotatable bonds is 8. The predicted molar refractivity (Wildman–Crippen MR) is 78.8 cm³/mol. The maximum Gasteiger partial charge on any atom is 0.303 e. The monoisotopic (exact) mass is 303 g/mol. The maximum absolute atomic E-state index is 10.4. The third kappa shape index (κ3) is 6.81. The number of hydrogen-bond acceptors (Lipinski definition) is 2.